The van der Waals surface area contributed by atoms with Gasteiger partial charge in [0.25, 0.3) is 0 Å². The number of amides is 1. The maximum absolute atomic E-state index is 12.8. The first-order valence-corrected chi connectivity index (χ1v) is 10.8. The van der Waals surface area contributed by atoms with Crippen molar-refractivity contribution in [2.75, 3.05) is 11.5 Å². The number of para-hydroxylation sites is 1. The molecule has 3 aromatic rings. The molecule has 8 nitrogen and oxygen atoms in total. The minimum Gasteiger partial charge on any atom is -0.461 e. The van der Waals surface area contributed by atoms with Crippen LogP contribution in [-0.4, -0.2) is 33.3 Å². The quantitative estimate of drug-likeness (QED) is 0.461. The number of aromatic nitrogens is 2. The first kappa shape index (κ1) is 22.2. The molecule has 0 saturated carbocycles. The van der Waals surface area contributed by atoms with Crippen LogP contribution in [0.4, 0.5) is 5.69 Å². The van der Waals surface area contributed by atoms with E-state index in [1.807, 2.05) is 67.6 Å². The Morgan fingerprint density at radius 2 is 1.94 bits per heavy atom. The number of carbonyl (C=O) groups excluding carboxylic acids is 2. The Kier molecular flexibility index (Phi) is 6.20. The number of hydrogen-bond acceptors (Lipinski definition) is 6. The van der Waals surface area contributed by atoms with Crippen molar-refractivity contribution >= 4 is 34.8 Å². The fourth-order valence-corrected chi connectivity index (χ4v) is 4.07. The number of nitrogens with one attached hydrogen (secondary N) is 1. The summed E-state index contributed by atoms with van der Waals surface area (Å²) in [5, 5.41) is 16.9. The monoisotopic (exact) mass is 459 g/mol. The van der Waals surface area contributed by atoms with Crippen LogP contribution in [0.1, 0.15) is 34.7 Å². The van der Waals surface area contributed by atoms with Crippen LogP contribution in [0, 0.1) is 24.2 Å². The zero-order valence-corrected chi connectivity index (χ0v) is 18.9. The number of aryl methyl sites for hydroxylation is 1. The lowest BCUT2D eigenvalue weighted by atomic mass is 10.0. The molecule has 166 valence electrons. The first-order chi connectivity index (χ1) is 15.9. The van der Waals surface area contributed by atoms with Gasteiger partial charge in [0.05, 0.1) is 18.4 Å². The van der Waals surface area contributed by atoms with Gasteiger partial charge in [-0.1, -0.05) is 42.5 Å². The molecule has 2 heterocycles. The summed E-state index contributed by atoms with van der Waals surface area (Å²) in [5.74, 6) is -2.28. The fraction of sp³-hybridized carbons (Fsp3) is 0.208. The number of hydrogen-bond donors (Lipinski definition) is 1. The van der Waals surface area contributed by atoms with Crippen LogP contribution in [0.2, 0.25) is 0 Å². The lowest BCUT2D eigenvalue weighted by molar-refractivity contribution is -0.123. The summed E-state index contributed by atoms with van der Waals surface area (Å²) >= 11 is 5.59. The zero-order valence-electron chi connectivity index (χ0n) is 18.1. The van der Waals surface area contributed by atoms with Crippen molar-refractivity contribution in [3.63, 3.8) is 0 Å². The Labute approximate surface area is 196 Å². The highest BCUT2D eigenvalue weighted by molar-refractivity contribution is 7.80. The molecule has 0 spiro atoms. The Balaban J connectivity index is 1.89. The minimum absolute atomic E-state index is 0.0573. The first-order valence-electron chi connectivity index (χ1n) is 10.4. The summed E-state index contributed by atoms with van der Waals surface area (Å²) in [5.41, 5.74) is 2.86. The Morgan fingerprint density at radius 3 is 2.61 bits per heavy atom. The topological polar surface area (TPSA) is 100 Å². The average Bonchev–Trinajstić information content (AvgIpc) is 3.25. The van der Waals surface area contributed by atoms with E-state index in [4.69, 9.17) is 17.0 Å². The van der Waals surface area contributed by atoms with Gasteiger partial charge in [-0.2, -0.15) is 10.4 Å². The van der Waals surface area contributed by atoms with Gasteiger partial charge in [-0.3, -0.25) is 4.79 Å². The molecule has 0 aliphatic carbocycles. The highest BCUT2D eigenvalue weighted by Gasteiger charge is 2.42. The second kappa shape index (κ2) is 9.22. The van der Waals surface area contributed by atoms with Crippen LogP contribution in [0.25, 0.3) is 5.69 Å². The second-order valence-corrected chi connectivity index (χ2v) is 7.87. The molecule has 9 heteroatoms. The smallest absolute Gasteiger partial charge is 0.359 e. The molecule has 1 saturated heterocycles. The Morgan fingerprint density at radius 1 is 1.21 bits per heavy atom. The van der Waals surface area contributed by atoms with Crippen LogP contribution in [0.3, 0.4) is 0 Å². The third-order valence-corrected chi connectivity index (χ3v) is 5.65. The molecule has 1 aliphatic heterocycles. The van der Waals surface area contributed by atoms with Crippen molar-refractivity contribution < 1.29 is 14.3 Å². The van der Waals surface area contributed by atoms with E-state index in [1.54, 1.807) is 22.7 Å². The number of esters is 1. The van der Waals surface area contributed by atoms with E-state index in [0.29, 0.717) is 11.3 Å². The summed E-state index contributed by atoms with van der Waals surface area (Å²) in [6.07, 6.45) is 0.818. The maximum Gasteiger partial charge on any atom is 0.359 e. The largest absolute Gasteiger partial charge is 0.461 e. The predicted octanol–water partition coefficient (Wildman–Crippen LogP) is 3.46. The van der Waals surface area contributed by atoms with Gasteiger partial charge in [0.1, 0.15) is 11.2 Å². The van der Waals surface area contributed by atoms with E-state index in [9.17, 15) is 14.9 Å². The molecule has 1 aromatic heterocycles. The Bertz CT molecular complexity index is 1260. The van der Waals surface area contributed by atoms with E-state index < -0.39 is 24.0 Å². The number of nitriles is 1. The molecule has 33 heavy (non-hydrogen) atoms. The summed E-state index contributed by atoms with van der Waals surface area (Å²) in [7, 11) is 0. The van der Waals surface area contributed by atoms with Crippen LogP contribution in [0.5, 0.6) is 0 Å². The summed E-state index contributed by atoms with van der Waals surface area (Å²) in [6, 6.07) is 18.8. The minimum atomic E-state index is -1.13. The van der Waals surface area contributed by atoms with Crippen LogP contribution < -0.4 is 10.2 Å². The predicted molar refractivity (Wildman–Crippen MR) is 126 cm³/mol. The number of rotatable bonds is 5. The standard InChI is InChI=1S/C24H21N5O3S/c1-3-32-24(31)20-19(14-28(27-20)16-9-5-4-6-10-16)21-26-22(30)18(13-25)23(33)29(21)17-11-7-8-15(2)12-17/h4-12,14,18,21H,3H2,1-2H3,(H,26,30)/t18-,21+/m1/s1. The van der Waals surface area contributed by atoms with Gasteiger partial charge in [0, 0.05) is 17.4 Å². The highest BCUT2D eigenvalue weighted by atomic mass is 32.1. The molecule has 0 radical (unpaired) electrons. The lowest BCUT2D eigenvalue weighted by Gasteiger charge is -2.39. The summed E-state index contributed by atoms with van der Waals surface area (Å²) < 4.78 is 6.79. The highest BCUT2D eigenvalue weighted by Crippen LogP contribution is 2.34. The molecule has 2 atom stereocenters. The maximum atomic E-state index is 12.8. The fourth-order valence-electron chi connectivity index (χ4n) is 3.70. The summed E-state index contributed by atoms with van der Waals surface area (Å²) in [4.78, 5) is 27.4. The van der Waals surface area contributed by atoms with Crippen molar-refractivity contribution in [1.82, 2.24) is 15.1 Å². The normalized spacial score (nSPS) is 17.9. The van der Waals surface area contributed by atoms with Crippen LogP contribution in [0.15, 0.2) is 60.8 Å². The van der Waals surface area contributed by atoms with Gasteiger partial charge < -0.3 is 15.0 Å². The molecule has 0 bridgehead atoms. The van der Waals surface area contributed by atoms with E-state index in [0.717, 1.165) is 11.3 Å². The molecule has 0 unspecified atom stereocenters. The SMILES string of the molecule is CCOC(=O)c1nn(-c2ccccc2)cc1[C@H]1NC(=O)[C@@H](C#N)C(=S)N1c1cccc(C)c1. The van der Waals surface area contributed by atoms with Crippen molar-refractivity contribution in [2.24, 2.45) is 5.92 Å². The molecule has 4 rings (SSSR count). The van der Waals surface area contributed by atoms with Crippen molar-refractivity contribution in [3.05, 3.63) is 77.6 Å². The van der Waals surface area contributed by atoms with Gasteiger partial charge in [-0.05, 0) is 43.7 Å². The van der Waals surface area contributed by atoms with E-state index in [1.165, 1.54) is 0 Å². The van der Waals surface area contributed by atoms with Crippen LogP contribution in [-0.2, 0) is 9.53 Å². The number of thiocarbonyl (C=S) groups is 1. The number of nitrogens with zero attached hydrogens (tertiary/aromatic N) is 4. The van der Waals surface area contributed by atoms with Gasteiger partial charge in [-0.25, -0.2) is 9.48 Å². The molecular formula is C24H21N5O3S. The lowest BCUT2D eigenvalue weighted by Crippen LogP contribution is -2.56. The molecule has 2 aromatic carbocycles. The van der Waals surface area contributed by atoms with Gasteiger partial charge >= 0.3 is 5.97 Å². The second-order valence-electron chi connectivity index (χ2n) is 7.45. The van der Waals surface area contributed by atoms with Crippen LogP contribution >= 0.6 is 12.2 Å². The third kappa shape index (κ3) is 4.21. The number of anilines is 1. The molecule has 1 N–H and O–H groups in total. The van der Waals surface area contributed by atoms with E-state index in [2.05, 4.69) is 10.4 Å². The average molecular weight is 460 g/mol. The van der Waals surface area contributed by atoms with E-state index in [-0.39, 0.29) is 17.3 Å². The van der Waals surface area contributed by atoms with Crippen molar-refractivity contribution in [1.29, 1.82) is 5.26 Å². The molecule has 1 fully saturated rings. The Hall–Kier alpha value is -4.03. The molecular weight excluding hydrogens is 438 g/mol. The zero-order chi connectivity index (χ0) is 23.5. The number of ether oxygens (including phenoxy) is 1. The van der Waals surface area contributed by atoms with Gasteiger partial charge in [-0.15, -0.1) is 0 Å². The van der Waals surface area contributed by atoms with E-state index >= 15 is 0 Å². The number of carbonyl (C=O) groups is 2. The van der Waals surface area contributed by atoms with Gasteiger partial charge in [0.2, 0.25) is 5.91 Å². The molecule has 1 amide bonds. The van der Waals surface area contributed by atoms with Crippen molar-refractivity contribution in [2.45, 2.75) is 20.0 Å². The van der Waals surface area contributed by atoms with Gasteiger partial charge in [0.15, 0.2) is 11.6 Å². The number of benzene rings is 2. The third-order valence-electron chi connectivity index (χ3n) is 5.22. The molecule has 1 aliphatic rings. The summed E-state index contributed by atoms with van der Waals surface area (Å²) in [6.45, 7) is 3.81. The van der Waals surface area contributed by atoms with Crippen molar-refractivity contribution in [3.8, 4) is 11.8 Å².